The van der Waals surface area contributed by atoms with Crippen LogP contribution in [0.5, 0.6) is 0 Å². The Morgan fingerprint density at radius 3 is 2.77 bits per heavy atom. The molecule has 2 amide bonds. The molecule has 0 unspecified atom stereocenters. The number of halogens is 2. The number of amides is 2. The van der Waals surface area contributed by atoms with Crippen LogP contribution in [0, 0.1) is 5.82 Å². The van der Waals surface area contributed by atoms with Gasteiger partial charge in [-0.3, -0.25) is 0 Å². The van der Waals surface area contributed by atoms with Crippen molar-refractivity contribution in [2.75, 3.05) is 18.9 Å². The number of carbonyl (C=O) groups excluding carboxylic acids is 1. The minimum absolute atomic E-state index is 0.231. The van der Waals surface area contributed by atoms with Gasteiger partial charge in [0.05, 0.1) is 0 Å². The van der Waals surface area contributed by atoms with Gasteiger partial charge in [-0.2, -0.15) is 4.98 Å². The molecule has 0 atom stereocenters. The number of carbonyl (C=O) groups is 1. The molecule has 8 heteroatoms. The summed E-state index contributed by atoms with van der Waals surface area (Å²) >= 11 is 3.36. The Kier molecular flexibility index (Phi) is 5.62. The van der Waals surface area contributed by atoms with E-state index in [0.29, 0.717) is 35.9 Å². The van der Waals surface area contributed by atoms with Gasteiger partial charge in [0.2, 0.25) is 0 Å². The summed E-state index contributed by atoms with van der Waals surface area (Å²) in [5, 5.41) is 6.71. The quantitative estimate of drug-likeness (QED) is 0.668. The zero-order valence-electron chi connectivity index (χ0n) is 13.9. The van der Waals surface area contributed by atoms with Gasteiger partial charge in [-0.05, 0) is 42.5 Å². The minimum Gasteiger partial charge on any atom is -0.334 e. The van der Waals surface area contributed by atoms with E-state index in [1.165, 1.54) is 17.0 Å². The van der Waals surface area contributed by atoms with Crippen LogP contribution in [-0.4, -0.2) is 34.7 Å². The minimum atomic E-state index is -0.327. The zero-order valence-corrected chi connectivity index (χ0v) is 15.5. The Labute approximate surface area is 158 Å². The van der Waals surface area contributed by atoms with Crippen molar-refractivity contribution in [2.45, 2.75) is 6.42 Å². The molecule has 0 aliphatic carbocycles. The Bertz CT molecular complexity index is 898. The lowest BCUT2D eigenvalue weighted by Gasteiger charge is -2.17. The van der Waals surface area contributed by atoms with E-state index < -0.39 is 0 Å². The number of anilines is 1. The molecule has 0 spiro atoms. The maximum atomic E-state index is 13.0. The molecule has 0 aliphatic heterocycles. The van der Waals surface area contributed by atoms with E-state index in [0.717, 1.165) is 4.47 Å². The molecule has 0 saturated heterocycles. The van der Waals surface area contributed by atoms with E-state index in [1.807, 2.05) is 24.3 Å². The highest BCUT2D eigenvalue weighted by Gasteiger charge is 2.13. The van der Waals surface area contributed by atoms with Gasteiger partial charge in [-0.15, -0.1) is 0 Å². The largest absolute Gasteiger partial charge is 0.334 e. The van der Waals surface area contributed by atoms with Crippen LogP contribution in [-0.2, 0) is 6.42 Å². The van der Waals surface area contributed by atoms with Crippen molar-refractivity contribution in [1.29, 1.82) is 0 Å². The first-order chi connectivity index (χ1) is 12.5. The van der Waals surface area contributed by atoms with Crippen molar-refractivity contribution in [2.24, 2.45) is 0 Å². The highest BCUT2D eigenvalue weighted by atomic mass is 79.9. The second-order valence-corrected chi connectivity index (χ2v) is 6.55. The lowest BCUT2D eigenvalue weighted by molar-refractivity contribution is 0.222. The zero-order chi connectivity index (χ0) is 18.5. The fraction of sp³-hybridized carbons (Fsp3) is 0.167. The van der Waals surface area contributed by atoms with E-state index in [2.05, 4.69) is 31.4 Å². The van der Waals surface area contributed by atoms with Crippen LogP contribution < -0.4 is 5.32 Å². The molecule has 1 N–H and O–H groups in total. The predicted molar refractivity (Wildman–Crippen MR) is 99.2 cm³/mol. The second-order valence-electron chi connectivity index (χ2n) is 5.63. The van der Waals surface area contributed by atoms with Crippen LogP contribution in [0.3, 0.4) is 0 Å². The fourth-order valence-electron chi connectivity index (χ4n) is 2.22. The van der Waals surface area contributed by atoms with Crippen molar-refractivity contribution in [3.05, 3.63) is 64.6 Å². The summed E-state index contributed by atoms with van der Waals surface area (Å²) in [4.78, 5) is 18.0. The number of urea groups is 1. The maximum Gasteiger partial charge on any atom is 0.321 e. The van der Waals surface area contributed by atoms with Crippen LogP contribution in [0.15, 0.2) is 57.5 Å². The van der Waals surface area contributed by atoms with E-state index in [4.69, 9.17) is 4.52 Å². The summed E-state index contributed by atoms with van der Waals surface area (Å²) in [6.45, 7) is 0.419. The Morgan fingerprint density at radius 2 is 2.04 bits per heavy atom. The molecule has 0 fully saturated rings. The van der Waals surface area contributed by atoms with Gasteiger partial charge in [0.25, 0.3) is 5.89 Å². The first kappa shape index (κ1) is 18.1. The van der Waals surface area contributed by atoms with Crippen molar-refractivity contribution in [3.8, 4) is 11.5 Å². The molecule has 0 saturated carbocycles. The molecule has 0 radical (unpaired) electrons. The number of nitrogens with one attached hydrogen (secondary N) is 1. The Balaban J connectivity index is 1.55. The summed E-state index contributed by atoms with van der Waals surface area (Å²) in [7, 11) is 1.69. The monoisotopic (exact) mass is 418 g/mol. The Morgan fingerprint density at radius 1 is 1.27 bits per heavy atom. The third-order valence-corrected chi connectivity index (χ3v) is 4.15. The smallest absolute Gasteiger partial charge is 0.321 e. The van der Waals surface area contributed by atoms with Gasteiger partial charge in [0.1, 0.15) is 5.82 Å². The normalized spacial score (nSPS) is 10.6. The van der Waals surface area contributed by atoms with Crippen molar-refractivity contribution >= 4 is 27.6 Å². The SMILES string of the molecule is CN(CCc1noc(-c2ccc(F)cc2)n1)C(=O)Nc1cccc(Br)c1. The van der Waals surface area contributed by atoms with E-state index in [1.54, 1.807) is 19.2 Å². The summed E-state index contributed by atoms with van der Waals surface area (Å²) < 4.78 is 19.0. The van der Waals surface area contributed by atoms with E-state index in [-0.39, 0.29) is 11.8 Å². The van der Waals surface area contributed by atoms with Gasteiger partial charge in [-0.25, -0.2) is 9.18 Å². The molecule has 3 aromatic rings. The third kappa shape index (κ3) is 4.66. The van der Waals surface area contributed by atoms with Crippen molar-refractivity contribution in [1.82, 2.24) is 15.0 Å². The number of hydrogen-bond acceptors (Lipinski definition) is 4. The predicted octanol–water partition coefficient (Wildman–Crippen LogP) is 4.34. The first-order valence-electron chi connectivity index (χ1n) is 7.87. The van der Waals surface area contributed by atoms with Crippen molar-refractivity contribution in [3.63, 3.8) is 0 Å². The van der Waals surface area contributed by atoms with Gasteiger partial charge in [-0.1, -0.05) is 27.2 Å². The van der Waals surface area contributed by atoms with E-state index in [9.17, 15) is 9.18 Å². The molecule has 2 aromatic carbocycles. The fourth-order valence-corrected chi connectivity index (χ4v) is 2.62. The number of likely N-dealkylation sites (N-methyl/N-ethyl adjacent to an activating group) is 1. The second kappa shape index (κ2) is 8.09. The average molecular weight is 419 g/mol. The lowest BCUT2D eigenvalue weighted by Crippen LogP contribution is -2.33. The summed E-state index contributed by atoms with van der Waals surface area (Å²) in [5.41, 5.74) is 1.35. The summed E-state index contributed by atoms with van der Waals surface area (Å²) in [6, 6.07) is 12.9. The van der Waals surface area contributed by atoms with E-state index >= 15 is 0 Å². The lowest BCUT2D eigenvalue weighted by atomic mass is 10.2. The number of aromatic nitrogens is 2. The van der Waals surface area contributed by atoms with Gasteiger partial charge in [0.15, 0.2) is 5.82 Å². The highest BCUT2D eigenvalue weighted by molar-refractivity contribution is 9.10. The van der Waals surface area contributed by atoms with Crippen LogP contribution in [0.1, 0.15) is 5.82 Å². The molecular formula is C18H16BrFN4O2. The van der Waals surface area contributed by atoms with Crippen molar-refractivity contribution < 1.29 is 13.7 Å². The topological polar surface area (TPSA) is 71.3 Å². The molecule has 1 aromatic heterocycles. The molecule has 1 heterocycles. The van der Waals surface area contributed by atoms with Crippen LogP contribution in [0.4, 0.5) is 14.9 Å². The number of rotatable bonds is 5. The number of nitrogens with zero attached hydrogens (tertiary/aromatic N) is 3. The maximum absolute atomic E-state index is 13.0. The third-order valence-electron chi connectivity index (χ3n) is 3.65. The first-order valence-corrected chi connectivity index (χ1v) is 8.67. The molecule has 0 bridgehead atoms. The highest BCUT2D eigenvalue weighted by Crippen LogP contribution is 2.18. The number of benzene rings is 2. The molecule has 26 heavy (non-hydrogen) atoms. The van der Waals surface area contributed by atoms with Crippen LogP contribution in [0.2, 0.25) is 0 Å². The molecule has 0 aliphatic rings. The average Bonchev–Trinajstić information content (AvgIpc) is 3.09. The van der Waals surface area contributed by atoms with Gasteiger partial charge < -0.3 is 14.7 Å². The van der Waals surface area contributed by atoms with Gasteiger partial charge >= 0.3 is 6.03 Å². The standard InChI is InChI=1S/C18H16BrFN4O2/c1-24(18(25)21-15-4-2-3-13(19)11-15)10-9-16-22-17(26-23-16)12-5-7-14(20)8-6-12/h2-8,11H,9-10H2,1H3,(H,21,25). The molecule has 3 rings (SSSR count). The van der Waals surface area contributed by atoms with Crippen LogP contribution >= 0.6 is 15.9 Å². The summed E-state index contributed by atoms with van der Waals surface area (Å²) in [6.07, 6.45) is 0.438. The molecular weight excluding hydrogens is 403 g/mol. The van der Waals surface area contributed by atoms with Gasteiger partial charge in [0, 0.05) is 35.7 Å². The summed E-state index contributed by atoms with van der Waals surface area (Å²) in [5.74, 6) is 0.472. The molecule has 134 valence electrons. The molecule has 6 nitrogen and oxygen atoms in total. The van der Waals surface area contributed by atoms with Crippen LogP contribution in [0.25, 0.3) is 11.5 Å². The Hall–Kier alpha value is -2.74. The number of hydrogen-bond donors (Lipinski definition) is 1.